The zero-order valence-electron chi connectivity index (χ0n) is 11.4. The molecule has 0 fully saturated rings. The number of carbonyl (C=O) groups excluding carboxylic acids is 1. The summed E-state index contributed by atoms with van der Waals surface area (Å²) in [7, 11) is 0. The van der Waals surface area contributed by atoms with Gasteiger partial charge in [0.2, 0.25) is 0 Å². The summed E-state index contributed by atoms with van der Waals surface area (Å²) in [6.45, 7) is 3.27. The van der Waals surface area contributed by atoms with Crippen molar-refractivity contribution >= 4 is 17.4 Å². The highest BCUT2D eigenvalue weighted by Crippen LogP contribution is 2.18. The molecule has 0 saturated carbocycles. The van der Waals surface area contributed by atoms with Gasteiger partial charge in [0, 0.05) is 18.2 Å². The summed E-state index contributed by atoms with van der Waals surface area (Å²) in [6, 6.07) is 7.06. The van der Waals surface area contributed by atoms with Crippen molar-refractivity contribution in [3.05, 3.63) is 46.2 Å². The molecule has 0 radical (unpaired) electrons. The molecule has 21 heavy (non-hydrogen) atoms. The molecule has 0 bridgehead atoms. The van der Waals surface area contributed by atoms with Crippen LogP contribution in [0.25, 0.3) is 0 Å². The van der Waals surface area contributed by atoms with Crippen LogP contribution >= 0.6 is 0 Å². The van der Waals surface area contributed by atoms with Crippen molar-refractivity contribution in [2.45, 2.75) is 20.0 Å². The normalized spacial score (nSPS) is 11.7. The van der Waals surface area contributed by atoms with Gasteiger partial charge < -0.3 is 14.6 Å². The van der Waals surface area contributed by atoms with Gasteiger partial charge in [-0.05, 0) is 26.0 Å². The molecule has 0 aliphatic rings. The topological polar surface area (TPSA) is 108 Å². The third-order valence-corrected chi connectivity index (χ3v) is 2.61. The lowest BCUT2D eigenvalue weighted by Gasteiger charge is -2.13. The SMILES string of the molecule is Cc1cc(NC(=O)[C@@H](C)Oc2ccc([N+](=O)[O-])cc2)no1. The van der Waals surface area contributed by atoms with Crippen LogP contribution in [0.2, 0.25) is 0 Å². The maximum absolute atomic E-state index is 11.9. The number of aromatic nitrogens is 1. The van der Waals surface area contributed by atoms with E-state index in [0.717, 1.165) is 0 Å². The van der Waals surface area contributed by atoms with E-state index < -0.39 is 16.9 Å². The molecule has 1 atom stereocenters. The van der Waals surface area contributed by atoms with Crippen molar-refractivity contribution in [2.24, 2.45) is 0 Å². The minimum Gasteiger partial charge on any atom is -0.481 e. The number of ether oxygens (including phenoxy) is 1. The zero-order chi connectivity index (χ0) is 15.4. The van der Waals surface area contributed by atoms with E-state index in [1.807, 2.05) is 0 Å². The third kappa shape index (κ3) is 3.78. The second kappa shape index (κ2) is 6.04. The molecular formula is C13H13N3O5. The van der Waals surface area contributed by atoms with Crippen LogP contribution in [-0.4, -0.2) is 22.1 Å². The Kier molecular flexibility index (Phi) is 4.17. The summed E-state index contributed by atoms with van der Waals surface area (Å²) >= 11 is 0. The lowest BCUT2D eigenvalue weighted by molar-refractivity contribution is -0.384. The number of hydrogen-bond acceptors (Lipinski definition) is 6. The molecule has 1 aromatic heterocycles. The van der Waals surface area contributed by atoms with E-state index in [4.69, 9.17) is 9.26 Å². The quantitative estimate of drug-likeness (QED) is 0.669. The number of nitro groups is 1. The van der Waals surface area contributed by atoms with Crippen molar-refractivity contribution in [1.29, 1.82) is 0 Å². The Balaban J connectivity index is 1.95. The van der Waals surface area contributed by atoms with Crippen molar-refractivity contribution in [1.82, 2.24) is 5.16 Å². The first-order valence-electron chi connectivity index (χ1n) is 6.11. The highest BCUT2D eigenvalue weighted by Gasteiger charge is 2.17. The van der Waals surface area contributed by atoms with Gasteiger partial charge in [-0.15, -0.1) is 0 Å². The van der Waals surface area contributed by atoms with Gasteiger partial charge >= 0.3 is 0 Å². The van der Waals surface area contributed by atoms with Crippen LogP contribution in [-0.2, 0) is 4.79 Å². The monoisotopic (exact) mass is 291 g/mol. The molecule has 2 rings (SSSR count). The second-order valence-electron chi connectivity index (χ2n) is 4.32. The number of benzene rings is 1. The van der Waals surface area contributed by atoms with E-state index in [1.165, 1.54) is 24.3 Å². The molecule has 0 unspecified atom stereocenters. The number of nitrogens with one attached hydrogen (secondary N) is 1. The highest BCUT2D eigenvalue weighted by molar-refractivity contribution is 5.93. The zero-order valence-corrected chi connectivity index (χ0v) is 11.4. The summed E-state index contributed by atoms with van der Waals surface area (Å²) in [5.41, 5.74) is -0.0440. The Bertz CT molecular complexity index is 650. The fourth-order valence-corrected chi connectivity index (χ4v) is 1.56. The van der Waals surface area contributed by atoms with Gasteiger partial charge in [0.25, 0.3) is 11.6 Å². The van der Waals surface area contributed by atoms with Crippen molar-refractivity contribution in [3.63, 3.8) is 0 Å². The predicted molar refractivity (Wildman–Crippen MR) is 73.1 cm³/mol. The molecule has 1 heterocycles. The number of anilines is 1. The summed E-state index contributed by atoms with van der Waals surface area (Å²) in [4.78, 5) is 21.9. The first-order valence-corrected chi connectivity index (χ1v) is 6.11. The van der Waals surface area contributed by atoms with E-state index in [2.05, 4.69) is 10.5 Å². The Morgan fingerprint density at radius 1 is 1.43 bits per heavy atom. The van der Waals surface area contributed by atoms with E-state index in [-0.39, 0.29) is 5.69 Å². The summed E-state index contributed by atoms with van der Waals surface area (Å²) < 4.78 is 10.2. The third-order valence-electron chi connectivity index (χ3n) is 2.61. The fourth-order valence-electron chi connectivity index (χ4n) is 1.56. The molecule has 8 nitrogen and oxygen atoms in total. The average Bonchev–Trinajstić information content (AvgIpc) is 2.84. The van der Waals surface area contributed by atoms with Crippen LogP contribution in [0.1, 0.15) is 12.7 Å². The lowest BCUT2D eigenvalue weighted by atomic mass is 10.3. The first-order chi connectivity index (χ1) is 9.95. The number of hydrogen-bond donors (Lipinski definition) is 1. The summed E-state index contributed by atoms with van der Waals surface area (Å²) in [6.07, 6.45) is -0.788. The van der Waals surface area contributed by atoms with Gasteiger partial charge in [0.15, 0.2) is 11.9 Å². The molecule has 0 spiro atoms. The van der Waals surface area contributed by atoms with Gasteiger partial charge in [0.1, 0.15) is 11.5 Å². The molecule has 0 aliphatic carbocycles. The van der Waals surface area contributed by atoms with Crippen LogP contribution in [0.3, 0.4) is 0 Å². The van der Waals surface area contributed by atoms with E-state index >= 15 is 0 Å². The number of rotatable bonds is 5. The summed E-state index contributed by atoms with van der Waals surface area (Å²) in [5, 5.41) is 16.7. The molecule has 0 saturated heterocycles. The van der Waals surface area contributed by atoms with Gasteiger partial charge in [-0.2, -0.15) is 0 Å². The molecule has 1 N–H and O–H groups in total. The Labute approximate surface area is 119 Å². The van der Waals surface area contributed by atoms with Crippen LogP contribution < -0.4 is 10.1 Å². The van der Waals surface area contributed by atoms with E-state index in [0.29, 0.717) is 17.3 Å². The van der Waals surface area contributed by atoms with Gasteiger partial charge in [-0.3, -0.25) is 14.9 Å². The van der Waals surface area contributed by atoms with Crippen LogP contribution in [0.4, 0.5) is 11.5 Å². The molecule has 0 aliphatic heterocycles. The minimum atomic E-state index is -0.788. The van der Waals surface area contributed by atoms with Gasteiger partial charge in [-0.25, -0.2) is 0 Å². The number of aryl methyl sites for hydroxylation is 1. The van der Waals surface area contributed by atoms with Crippen molar-refractivity contribution in [3.8, 4) is 5.75 Å². The molecule has 1 amide bonds. The highest BCUT2D eigenvalue weighted by atomic mass is 16.6. The van der Waals surface area contributed by atoms with E-state index in [9.17, 15) is 14.9 Å². The maximum Gasteiger partial charge on any atom is 0.269 e. The maximum atomic E-state index is 11.9. The van der Waals surface area contributed by atoms with Crippen LogP contribution in [0, 0.1) is 17.0 Å². The van der Waals surface area contributed by atoms with Gasteiger partial charge in [-0.1, -0.05) is 5.16 Å². The largest absolute Gasteiger partial charge is 0.481 e. The fraction of sp³-hybridized carbons (Fsp3) is 0.231. The minimum absolute atomic E-state index is 0.0440. The Hall–Kier alpha value is -2.90. The van der Waals surface area contributed by atoms with E-state index in [1.54, 1.807) is 19.9 Å². The number of amides is 1. The van der Waals surface area contributed by atoms with Crippen LogP contribution in [0.5, 0.6) is 5.75 Å². The first kappa shape index (κ1) is 14.5. The standard InChI is InChI=1S/C13H13N3O5/c1-8-7-12(15-21-8)14-13(17)9(2)20-11-5-3-10(4-6-11)16(18)19/h3-7,9H,1-2H3,(H,14,15,17)/t9-/m1/s1. The molecule has 8 heteroatoms. The number of nitrogens with zero attached hydrogens (tertiary/aromatic N) is 2. The lowest BCUT2D eigenvalue weighted by Crippen LogP contribution is -2.30. The van der Waals surface area contributed by atoms with Gasteiger partial charge in [0.05, 0.1) is 4.92 Å². The average molecular weight is 291 g/mol. The van der Waals surface area contributed by atoms with Crippen molar-refractivity contribution < 1.29 is 19.0 Å². The molecule has 2 aromatic rings. The van der Waals surface area contributed by atoms with Crippen molar-refractivity contribution in [2.75, 3.05) is 5.32 Å². The Morgan fingerprint density at radius 3 is 2.62 bits per heavy atom. The second-order valence-corrected chi connectivity index (χ2v) is 4.32. The number of non-ortho nitro benzene ring substituents is 1. The van der Waals surface area contributed by atoms with Crippen LogP contribution in [0.15, 0.2) is 34.9 Å². The summed E-state index contributed by atoms with van der Waals surface area (Å²) in [5.74, 6) is 0.840. The molecular weight excluding hydrogens is 278 g/mol. The smallest absolute Gasteiger partial charge is 0.269 e. The number of carbonyl (C=O) groups is 1. The molecule has 110 valence electrons. The molecule has 1 aromatic carbocycles. The predicted octanol–water partition coefficient (Wildman–Crippen LogP) is 2.30. The Morgan fingerprint density at radius 2 is 2.10 bits per heavy atom. The number of nitro benzene ring substituents is 1.